The molecule has 0 amide bonds. The minimum Gasteiger partial charge on any atom is -0.369 e. The van der Waals surface area contributed by atoms with Crippen LogP contribution < -0.4 is 10.6 Å². The van der Waals surface area contributed by atoms with Crippen LogP contribution in [0.4, 0.5) is 5.69 Å². The molecule has 2 rings (SSSR count). The molecular weight excluding hydrogens is 302 g/mol. The van der Waals surface area contributed by atoms with Gasteiger partial charge in [-0.05, 0) is 43.7 Å². The average Bonchev–Trinajstić information content (AvgIpc) is 2.40. The van der Waals surface area contributed by atoms with Crippen LogP contribution in [0.2, 0.25) is 0 Å². The fourth-order valence-corrected chi connectivity index (χ4v) is 2.91. The van der Waals surface area contributed by atoms with Crippen LogP contribution >= 0.6 is 15.9 Å². The first-order valence-corrected chi connectivity index (χ1v) is 7.87. The second kappa shape index (κ2) is 6.73. The van der Waals surface area contributed by atoms with E-state index in [1.54, 1.807) is 0 Å². The van der Waals surface area contributed by atoms with Gasteiger partial charge in [-0.3, -0.25) is 0 Å². The number of hydrogen-bond donors (Lipinski definition) is 1. The summed E-state index contributed by atoms with van der Waals surface area (Å²) in [5, 5.41) is 0. The van der Waals surface area contributed by atoms with Gasteiger partial charge < -0.3 is 15.5 Å². The van der Waals surface area contributed by atoms with Crippen molar-refractivity contribution in [2.24, 2.45) is 5.73 Å². The Bertz CT molecular complexity index is 414. The largest absolute Gasteiger partial charge is 0.369 e. The summed E-state index contributed by atoms with van der Waals surface area (Å²) in [6, 6.07) is 6.84. The van der Waals surface area contributed by atoms with Gasteiger partial charge in [-0.15, -0.1) is 0 Å². The third-order valence-corrected chi connectivity index (χ3v) is 4.39. The molecule has 1 aliphatic heterocycles. The van der Waals surface area contributed by atoms with E-state index in [1.165, 1.54) is 11.3 Å². The number of piperazine rings is 1. The zero-order valence-corrected chi connectivity index (χ0v) is 13.5. The van der Waals surface area contributed by atoms with Gasteiger partial charge in [0.15, 0.2) is 0 Å². The summed E-state index contributed by atoms with van der Waals surface area (Å²) < 4.78 is 1.14. The van der Waals surface area contributed by atoms with E-state index in [9.17, 15) is 0 Å². The molecule has 1 heterocycles. The van der Waals surface area contributed by atoms with E-state index in [2.05, 4.69) is 57.9 Å². The van der Waals surface area contributed by atoms with Gasteiger partial charge in [-0.2, -0.15) is 0 Å². The van der Waals surface area contributed by atoms with Crippen molar-refractivity contribution in [2.75, 3.05) is 38.1 Å². The van der Waals surface area contributed by atoms with E-state index in [0.717, 1.165) is 43.5 Å². The third kappa shape index (κ3) is 3.94. The summed E-state index contributed by atoms with van der Waals surface area (Å²) in [6.45, 7) is 6.63. The molecule has 1 aromatic carbocycles. The van der Waals surface area contributed by atoms with Gasteiger partial charge in [0.2, 0.25) is 0 Å². The SMILES string of the molecule is CCC(N)Cc1cc(Br)ccc1N1CCN(C)CC1. The Morgan fingerprint density at radius 3 is 2.58 bits per heavy atom. The summed E-state index contributed by atoms with van der Waals surface area (Å²) in [4.78, 5) is 4.87. The summed E-state index contributed by atoms with van der Waals surface area (Å²) in [5.41, 5.74) is 8.86. The molecule has 0 bridgehead atoms. The van der Waals surface area contributed by atoms with E-state index >= 15 is 0 Å². The number of nitrogens with zero attached hydrogens (tertiary/aromatic N) is 2. The predicted molar refractivity (Wildman–Crippen MR) is 85.8 cm³/mol. The first-order chi connectivity index (χ1) is 9.10. The van der Waals surface area contributed by atoms with Crippen LogP contribution in [-0.2, 0) is 6.42 Å². The maximum absolute atomic E-state index is 6.13. The number of hydrogen-bond acceptors (Lipinski definition) is 3. The number of halogens is 1. The fourth-order valence-electron chi connectivity index (χ4n) is 2.50. The van der Waals surface area contributed by atoms with Crippen molar-refractivity contribution in [3.63, 3.8) is 0 Å². The molecular formula is C15H24BrN3. The molecule has 2 N–H and O–H groups in total. The zero-order valence-electron chi connectivity index (χ0n) is 11.9. The lowest BCUT2D eigenvalue weighted by Gasteiger charge is -2.35. The molecule has 1 aliphatic rings. The van der Waals surface area contributed by atoms with Crippen LogP contribution in [-0.4, -0.2) is 44.2 Å². The lowest BCUT2D eigenvalue weighted by Crippen LogP contribution is -2.45. The van der Waals surface area contributed by atoms with Gasteiger partial charge >= 0.3 is 0 Å². The maximum atomic E-state index is 6.13. The molecule has 0 aliphatic carbocycles. The topological polar surface area (TPSA) is 32.5 Å². The molecule has 1 unspecified atom stereocenters. The quantitative estimate of drug-likeness (QED) is 0.923. The van der Waals surface area contributed by atoms with Gasteiger partial charge in [-0.25, -0.2) is 0 Å². The highest BCUT2D eigenvalue weighted by Gasteiger charge is 2.17. The van der Waals surface area contributed by atoms with Crippen molar-refractivity contribution in [1.82, 2.24) is 4.90 Å². The normalized spacial score (nSPS) is 18.6. The number of nitrogens with two attached hydrogens (primary N) is 1. The summed E-state index contributed by atoms with van der Waals surface area (Å²) in [5.74, 6) is 0. The Kier molecular flexibility index (Phi) is 5.25. The number of likely N-dealkylation sites (N-methyl/N-ethyl adjacent to an activating group) is 1. The van der Waals surface area contributed by atoms with Crippen molar-refractivity contribution < 1.29 is 0 Å². The molecule has 1 saturated heterocycles. The highest BCUT2D eigenvalue weighted by atomic mass is 79.9. The van der Waals surface area contributed by atoms with Crippen molar-refractivity contribution in [3.05, 3.63) is 28.2 Å². The van der Waals surface area contributed by atoms with Crippen LogP contribution in [0.1, 0.15) is 18.9 Å². The molecule has 1 aromatic rings. The Morgan fingerprint density at radius 2 is 1.95 bits per heavy atom. The number of rotatable bonds is 4. The second-order valence-electron chi connectivity index (χ2n) is 5.44. The van der Waals surface area contributed by atoms with Crippen LogP contribution in [0.15, 0.2) is 22.7 Å². The minimum atomic E-state index is 0.250. The third-order valence-electron chi connectivity index (χ3n) is 3.89. The predicted octanol–water partition coefficient (Wildman–Crippen LogP) is 2.48. The number of benzene rings is 1. The van der Waals surface area contributed by atoms with Crippen LogP contribution in [0.5, 0.6) is 0 Å². The summed E-state index contributed by atoms with van der Waals surface area (Å²) in [7, 11) is 2.19. The molecule has 0 radical (unpaired) electrons. The smallest absolute Gasteiger partial charge is 0.0401 e. The van der Waals surface area contributed by atoms with Crippen LogP contribution in [0.3, 0.4) is 0 Å². The minimum absolute atomic E-state index is 0.250. The van der Waals surface area contributed by atoms with Gasteiger partial charge in [0.25, 0.3) is 0 Å². The summed E-state index contributed by atoms with van der Waals surface area (Å²) in [6.07, 6.45) is 1.98. The lowest BCUT2D eigenvalue weighted by molar-refractivity contribution is 0.312. The van der Waals surface area contributed by atoms with Crippen LogP contribution in [0, 0.1) is 0 Å². The maximum Gasteiger partial charge on any atom is 0.0401 e. The highest BCUT2D eigenvalue weighted by Crippen LogP contribution is 2.26. The first kappa shape index (κ1) is 14.8. The Hall–Kier alpha value is -0.580. The van der Waals surface area contributed by atoms with Gasteiger partial charge in [0.1, 0.15) is 0 Å². The monoisotopic (exact) mass is 325 g/mol. The molecule has 106 valence electrons. The first-order valence-electron chi connectivity index (χ1n) is 7.07. The zero-order chi connectivity index (χ0) is 13.8. The number of anilines is 1. The molecule has 0 spiro atoms. The van der Waals surface area contributed by atoms with Gasteiger partial charge in [0, 0.05) is 42.4 Å². The summed E-state index contributed by atoms with van der Waals surface area (Å²) >= 11 is 3.57. The molecule has 3 nitrogen and oxygen atoms in total. The van der Waals surface area contributed by atoms with E-state index < -0.39 is 0 Å². The van der Waals surface area contributed by atoms with Gasteiger partial charge in [0.05, 0.1) is 0 Å². The van der Waals surface area contributed by atoms with Crippen molar-refractivity contribution in [2.45, 2.75) is 25.8 Å². The van der Waals surface area contributed by atoms with Gasteiger partial charge in [-0.1, -0.05) is 22.9 Å². The van der Waals surface area contributed by atoms with Crippen molar-refractivity contribution in [1.29, 1.82) is 0 Å². The van der Waals surface area contributed by atoms with Crippen molar-refractivity contribution >= 4 is 21.6 Å². The van der Waals surface area contributed by atoms with E-state index in [4.69, 9.17) is 5.73 Å². The molecule has 19 heavy (non-hydrogen) atoms. The van der Waals surface area contributed by atoms with E-state index in [0.29, 0.717) is 0 Å². The lowest BCUT2D eigenvalue weighted by atomic mass is 10.0. The molecule has 1 fully saturated rings. The van der Waals surface area contributed by atoms with Crippen LogP contribution in [0.25, 0.3) is 0 Å². The van der Waals surface area contributed by atoms with E-state index in [1.807, 2.05) is 0 Å². The second-order valence-corrected chi connectivity index (χ2v) is 6.35. The Labute approximate surface area is 124 Å². The Morgan fingerprint density at radius 1 is 1.26 bits per heavy atom. The van der Waals surface area contributed by atoms with Crippen molar-refractivity contribution in [3.8, 4) is 0 Å². The molecule has 4 heteroatoms. The molecule has 1 atom stereocenters. The molecule has 0 aromatic heterocycles. The Balaban J connectivity index is 2.18. The van der Waals surface area contributed by atoms with E-state index in [-0.39, 0.29) is 6.04 Å². The fraction of sp³-hybridized carbons (Fsp3) is 0.600. The molecule has 0 saturated carbocycles. The average molecular weight is 326 g/mol. The highest BCUT2D eigenvalue weighted by molar-refractivity contribution is 9.10. The standard InChI is InChI=1S/C15H24BrN3/c1-3-14(17)11-12-10-13(16)4-5-15(12)19-8-6-18(2)7-9-19/h4-5,10,14H,3,6-9,11,17H2,1-2H3.